The van der Waals surface area contributed by atoms with Crippen LogP contribution in [-0.2, 0) is 11.2 Å². The van der Waals surface area contributed by atoms with Gasteiger partial charge in [0.25, 0.3) is 0 Å². The third-order valence-corrected chi connectivity index (χ3v) is 6.31. The Morgan fingerprint density at radius 2 is 1.96 bits per heavy atom. The van der Waals surface area contributed by atoms with Crippen molar-refractivity contribution in [3.8, 4) is 10.6 Å². The quantitative estimate of drug-likeness (QED) is 0.710. The summed E-state index contributed by atoms with van der Waals surface area (Å²) in [6.07, 6.45) is 0.289. The first-order valence-electron chi connectivity index (χ1n) is 8.98. The second-order valence-electron chi connectivity index (χ2n) is 6.69. The van der Waals surface area contributed by atoms with Crippen LogP contribution in [0.5, 0.6) is 0 Å². The van der Waals surface area contributed by atoms with Gasteiger partial charge in [0.2, 0.25) is 5.91 Å². The second kappa shape index (κ2) is 8.21. The lowest BCUT2D eigenvalue weighted by atomic mass is 10.2. The van der Waals surface area contributed by atoms with Gasteiger partial charge in [-0.2, -0.15) is 11.3 Å². The number of anilines is 2. The number of carbonyl (C=O) groups is 1. The number of hydrogen-bond donors (Lipinski definition) is 1. The molecule has 2 aromatic heterocycles. The number of likely N-dealkylation sites (N-methyl/N-ethyl adjacent to an activating group) is 1. The third kappa shape index (κ3) is 4.37. The predicted molar refractivity (Wildman–Crippen MR) is 114 cm³/mol. The molecule has 0 spiro atoms. The van der Waals surface area contributed by atoms with Crippen LogP contribution in [0.3, 0.4) is 0 Å². The van der Waals surface area contributed by atoms with E-state index in [1.54, 1.807) is 22.7 Å². The van der Waals surface area contributed by atoms with E-state index < -0.39 is 0 Å². The number of thiophene rings is 1. The summed E-state index contributed by atoms with van der Waals surface area (Å²) in [5, 5.41) is 10.1. The minimum absolute atomic E-state index is 0.0289. The van der Waals surface area contributed by atoms with Crippen molar-refractivity contribution in [2.75, 3.05) is 43.4 Å². The highest BCUT2D eigenvalue weighted by molar-refractivity contribution is 7.14. The van der Waals surface area contributed by atoms with E-state index in [1.807, 2.05) is 29.0 Å². The van der Waals surface area contributed by atoms with Gasteiger partial charge < -0.3 is 15.1 Å². The number of benzene rings is 1. The molecule has 0 aliphatic carbocycles. The minimum atomic E-state index is -0.0289. The van der Waals surface area contributed by atoms with E-state index in [9.17, 15) is 4.79 Å². The average Bonchev–Trinajstić information content (AvgIpc) is 3.34. The lowest BCUT2D eigenvalue weighted by molar-refractivity contribution is -0.115. The number of rotatable bonds is 5. The fourth-order valence-corrected chi connectivity index (χ4v) is 4.70. The first-order valence-corrected chi connectivity index (χ1v) is 10.8. The summed E-state index contributed by atoms with van der Waals surface area (Å²) in [6, 6.07) is 10.1. The molecule has 0 atom stereocenters. The van der Waals surface area contributed by atoms with E-state index >= 15 is 0 Å². The topological polar surface area (TPSA) is 48.5 Å². The van der Waals surface area contributed by atoms with Gasteiger partial charge in [0.05, 0.1) is 23.5 Å². The fraction of sp³-hybridized carbons (Fsp3) is 0.300. The molecule has 3 aromatic rings. The predicted octanol–water partition coefficient (Wildman–Crippen LogP) is 3.80. The van der Waals surface area contributed by atoms with E-state index in [1.165, 1.54) is 0 Å². The molecular formula is C20H22N4OS2. The van der Waals surface area contributed by atoms with Crippen molar-refractivity contribution in [2.24, 2.45) is 0 Å². The summed E-state index contributed by atoms with van der Waals surface area (Å²) in [6.45, 7) is 4.01. The van der Waals surface area contributed by atoms with E-state index in [0.717, 1.165) is 53.8 Å². The molecule has 1 N–H and O–H groups in total. The van der Waals surface area contributed by atoms with Crippen LogP contribution in [0.1, 0.15) is 5.69 Å². The zero-order chi connectivity index (χ0) is 18.6. The zero-order valence-corrected chi connectivity index (χ0v) is 16.9. The molecule has 4 rings (SSSR count). The molecule has 140 valence electrons. The zero-order valence-electron chi connectivity index (χ0n) is 15.2. The lowest BCUT2D eigenvalue weighted by Crippen LogP contribution is -2.44. The maximum atomic E-state index is 12.6. The Hall–Kier alpha value is -2.22. The van der Waals surface area contributed by atoms with Gasteiger partial charge in [0.15, 0.2) is 0 Å². The number of nitrogens with zero attached hydrogens (tertiary/aromatic N) is 3. The minimum Gasteiger partial charge on any atom is -0.367 e. The van der Waals surface area contributed by atoms with Gasteiger partial charge in [0.1, 0.15) is 5.01 Å². The molecule has 1 aliphatic rings. The summed E-state index contributed by atoms with van der Waals surface area (Å²) in [5.41, 5.74) is 3.91. The molecule has 0 saturated carbocycles. The highest BCUT2D eigenvalue weighted by Crippen LogP contribution is 2.28. The van der Waals surface area contributed by atoms with E-state index in [-0.39, 0.29) is 12.3 Å². The van der Waals surface area contributed by atoms with Crippen molar-refractivity contribution in [2.45, 2.75) is 6.42 Å². The Bertz CT molecular complexity index is 898. The third-order valence-electron chi connectivity index (χ3n) is 4.68. The number of hydrogen-bond acceptors (Lipinski definition) is 6. The maximum Gasteiger partial charge on any atom is 0.230 e. The maximum absolute atomic E-state index is 12.6. The monoisotopic (exact) mass is 398 g/mol. The number of nitrogens with one attached hydrogen (secondary N) is 1. The highest BCUT2D eigenvalue weighted by atomic mass is 32.1. The van der Waals surface area contributed by atoms with Crippen LogP contribution in [0.15, 0.2) is 46.5 Å². The molecule has 0 unspecified atom stereocenters. The SMILES string of the molecule is CN1CCN(c2ccccc2NC(=O)Cc2csc(-c3ccsc3)n2)CC1. The molecule has 1 fully saturated rings. The van der Waals surface area contributed by atoms with Crippen LogP contribution in [0.4, 0.5) is 11.4 Å². The molecule has 1 aliphatic heterocycles. The Morgan fingerprint density at radius 1 is 1.15 bits per heavy atom. The van der Waals surface area contributed by atoms with Crippen LogP contribution in [0.2, 0.25) is 0 Å². The number of thiazole rings is 1. The summed E-state index contributed by atoms with van der Waals surface area (Å²) in [5.74, 6) is -0.0289. The van der Waals surface area contributed by atoms with Crippen LogP contribution in [-0.4, -0.2) is 49.0 Å². The summed E-state index contributed by atoms with van der Waals surface area (Å²) in [7, 11) is 2.14. The van der Waals surface area contributed by atoms with Crippen LogP contribution < -0.4 is 10.2 Å². The van der Waals surface area contributed by atoms with Crippen molar-refractivity contribution >= 4 is 40.0 Å². The molecule has 5 nitrogen and oxygen atoms in total. The molecule has 3 heterocycles. The average molecular weight is 399 g/mol. The number of carbonyl (C=O) groups excluding carboxylic acids is 1. The number of para-hydroxylation sites is 2. The van der Waals surface area contributed by atoms with Gasteiger partial charge in [-0.25, -0.2) is 4.98 Å². The standard InChI is InChI=1S/C20H22N4OS2/c1-23-7-9-24(10-8-23)18-5-3-2-4-17(18)22-19(25)12-16-14-27-20(21-16)15-6-11-26-13-15/h2-6,11,13-14H,7-10,12H2,1H3,(H,22,25). The van der Waals surface area contributed by atoms with Crippen molar-refractivity contribution in [3.63, 3.8) is 0 Å². The van der Waals surface area contributed by atoms with E-state index in [4.69, 9.17) is 0 Å². The van der Waals surface area contributed by atoms with Crippen molar-refractivity contribution in [3.05, 3.63) is 52.2 Å². The highest BCUT2D eigenvalue weighted by Gasteiger charge is 2.18. The Labute approximate surface area is 167 Å². The van der Waals surface area contributed by atoms with Gasteiger partial charge >= 0.3 is 0 Å². The van der Waals surface area contributed by atoms with E-state index in [0.29, 0.717) is 0 Å². The van der Waals surface area contributed by atoms with Gasteiger partial charge in [-0.05, 0) is 30.6 Å². The van der Waals surface area contributed by atoms with Crippen LogP contribution >= 0.6 is 22.7 Å². The normalized spacial score (nSPS) is 15.1. The molecule has 0 bridgehead atoms. The summed E-state index contributed by atoms with van der Waals surface area (Å²) >= 11 is 3.24. The first-order chi connectivity index (χ1) is 13.2. The van der Waals surface area contributed by atoms with Crippen LogP contribution in [0.25, 0.3) is 10.6 Å². The van der Waals surface area contributed by atoms with Gasteiger partial charge in [0, 0.05) is 42.5 Å². The fourth-order valence-electron chi connectivity index (χ4n) is 3.17. The van der Waals surface area contributed by atoms with Crippen molar-refractivity contribution < 1.29 is 4.79 Å². The van der Waals surface area contributed by atoms with Crippen molar-refractivity contribution in [1.29, 1.82) is 0 Å². The largest absolute Gasteiger partial charge is 0.367 e. The second-order valence-corrected chi connectivity index (χ2v) is 8.33. The first kappa shape index (κ1) is 18.2. The smallest absolute Gasteiger partial charge is 0.230 e. The Kier molecular flexibility index (Phi) is 5.52. The number of aromatic nitrogens is 1. The van der Waals surface area contributed by atoms with Gasteiger partial charge in [-0.3, -0.25) is 4.79 Å². The van der Waals surface area contributed by atoms with Gasteiger partial charge in [-0.15, -0.1) is 11.3 Å². The summed E-state index contributed by atoms with van der Waals surface area (Å²) in [4.78, 5) is 21.9. The molecular weight excluding hydrogens is 376 g/mol. The molecule has 1 aromatic carbocycles. The number of piperazine rings is 1. The number of amides is 1. The molecule has 0 radical (unpaired) electrons. The molecule has 1 saturated heterocycles. The Balaban J connectivity index is 1.43. The molecule has 1 amide bonds. The van der Waals surface area contributed by atoms with E-state index in [2.05, 4.69) is 44.7 Å². The van der Waals surface area contributed by atoms with Crippen molar-refractivity contribution in [1.82, 2.24) is 9.88 Å². The lowest BCUT2D eigenvalue weighted by Gasteiger charge is -2.35. The van der Waals surface area contributed by atoms with Gasteiger partial charge in [-0.1, -0.05) is 12.1 Å². The molecule has 7 heteroatoms. The summed E-state index contributed by atoms with van der Waals surface area (Å²) < 4.78 is 0. The van der Waals surface area contributed by atoms with Crippen LogP contribution in [0, 0.1) is 0 Å². The molecule has 27 heavy (non-hydrogen) atoms. The Morgan fingerprint density at radius 3 is 2.74 bits per heavy atom.